The van der Waals surface area contributed by atoms with Gasteiger partial charge in [-0.1, -0.05) is 40.0 Å². The maximum Gasteiger partial charge on any atom is 0.313 e. The van der Waals surface area contributed by atoms with Crippen molar-refractivity contribution in [1.82, 2.24) is 4.90 Å². The van der Waals surface area contributed by atoms with Crippen LogP contribution in [-0.2, 0) is 9.53 Å². The van der Waals surface area contributed by atoms with Crippen molar-refractivity contribution in [2.24, 2.45) is 5.92 Å². The van der Waals surface area contributed by atoms with Crippen molar-refractivity contribution in [3.8, 4) is 0 Å². The molecule has 0 radical (unpaired) electrons. The number of hydrogen-bond donors (Lipinski definition) is 1. The van der Waals surface area contributed by atoms with Gasteiger partial charge in [-0.15, -0.1) is 0 Å². The Labute approximate surface area is 124 Å². The van der Waals surface area contributed by atoms with E-state index >= 15 is 0 Å². The van der Waals surface area contributed by atoms with Gasteiger partial charge in [-0.2, -0.15) is 0 Å². The SMILES string of the molecule is CCCCCC(CC)(C(C(=O)OC)[C@@H](O)CC)N(C)C. The van der Waals surface area contributed by atoms with Crippen LogP contribution in [0.3, 0.4) is 0 Å². The van der Waals surface area contributed by atoms with Gasteiger partial charge in [-0.3, -0.25) is 4.79 Å². The summed E-state index contributed by atoms with van der Waals surface area (Å²) in [4.78, 5) is 14.3. The molecule has 0 aromatic heterocycles. The van der Waals surface area contributed by atoms with E-state index in [1.165, 1.54) is 7.11 Å². The smallest absolute Gasteiger partial charge is 0.313 e. The molecule has 120 valence electrons. The van der Waals surface area contributed by atoms with Crippen LogP contribution in [0.2, 0.25) is 0 Å². The molecule has 0 bridgehead atoms. The van der Waals surface area contributed by atoms with E-state index in [0.29, 0.717) is 6.42 Å². The molecule has 0 fully saturated rings. The number of rotatable bonds is 10. The predicted molar refractivity (Wildman–Crippen MR) is 82.7 cm³/mol. The first kappa shape index (κ1) is 19.4. The Morgan fingerprint density at radius 3 is 2.20 bits per heavy atom. The molecule has 0 saturated heterocycles. The Morgan fingerprint density at radius 2 is 1.85 bits per heavy atom. The number of carbonyl (C=O) groups excluding carboxylic acids is 1. The average molecular weight is 287 g/mol. The van der Waals surface area contributed by atoms with E-state index in [9.17, 15) is 9.90 Å². The van der Waals surface area contributed by atoms with Gasteiger partial charge in [0.25, 0.3) is 0 Å². The Kier molecular flexibility index (Phi) is 9.06. The van der Waals surface area contributed by atoms with Gasteiger partial charge in [0.1, 0.15) is 5.92 Å². The van der Waals surface area contributed by atoms with Crippen LogP contribution in [0.1, 0.15) is 59.3 Å². The van der Waals surface area contributed by atoms with E-state index in [1.54, 1.807) is 0 Å². The third-order valence-corrected chi connectivity index (χ3v) is 4.55. The maximum absolute atomic E-state index is 12.2. The molecule has 0 amide bonds. The first-order valence-electron chi connectivity index (χ1n) is 7.84. The third kappa shape index (κ3) is 4.45. The highest BCUT2D eigenvalue weighted by Gasteiger charge is 2.47. The summed E-state index contributed by atoms with van der Waals surface area (Å²) in [6, 6.07) is 0. The number of nitrogens with zero attached hydrogens (tertiary/aromatic N) is 1. The summed E-state index contributed by atoms with van der Waals surface area (Å²) in [5.41, 5.74) is -0.336. The van der Waals surface area contributed by atoms with Gasteiger partial charge in [0, 0.05) is 5.54 Å². The molecule has 3 atom stereocenters. The van der Waals surface area contributed by atoms with Crippen molar-refractivity contribution in [2.75, 3.05) is 21.2 Å². The molecule has 0 spiro atoms. The minimum atomic E-state index is -0.661. The molecule has 4 heteroatoms. The fourth-order valence-electron chi connectivity index (χ4n) is 3.15. The van der Waals surface area contributed by atoms with Crippen LogP contribution in [-0.4, -0.2) is 48.8 Å². The third-order valence-electron chi connectivity index (χ3n) is 4.55. The average Bonchev–Trinajstić information content (AvgIpc) is 2.44. The van der Waals surface area contributed by atoms with Crippen molar-refractivity contribution in [3.05, 3.63) is 0 Å². The summed E-state index contributed by atoms with van der Waals surface area (Å²) < 4.78 is 4.97. The number of methoxy groups -OCH3 is 1. The zero-order chi connectivity index (χ0) is 15.8. The van der Waals surface area contributed by atoms with Crippen LogP contribution >= 0.6 is 0 Å². The number of aliphatic hydroxyl groups excluding tert-OH is 1. The maximum atomic E-state index is 12.2. The molecule has 0 rings (SSSR count). The van der Waals surface area contributed by atoms with E-state index in [4.69, 9.17) is 4.74 Å². The summed E-state index contributed by atoms with van der Waals surface area (Å²) in [7, 11) is 5.39. The second-order valence-corrected chi connectivity index (χ2v) is 5.79. The molecule has 0 aliphatic rings. The fourth-order valence-corrected chi connectivity index (χ4v) is 3.15. The largest absolute Gasteiger partial charge is 0.469 e. The Morgan fingerprint density at radius 1 is 1.25 bits per heavy atom. The van der Waals surface area contributed by atoms with Gasteiger partial charge < -0.3 is 14.7 Å². The lowest BCUT2D eigenvalue weighted by atomic mass is 9.73. The van der Waals surface area contributed by atoms with E-state index in [-0.39, 0.29) is 11.5 Å². The van der Waals surface area contributed by atoms with Gasteiger partial charge in [0.2, 0.25) is 0 Å². The van der Waals surface area contributed by atoms with Crippen molar-refractivity contribution in [2.45, 2.75) is 70.9 Å². The van der Waals surface area contributed by atoms with Gasteiger partial charge >= 0.3 is 5.97 Å². The normalized spacial score (nSPS) is 17.6. The summed E-state index contributed by atoms with van der Waals surface area (Å²) in [5.74, 6) is -0.791. The van der Waals surface area contributed by atoms with Crippen LogP contribution in [0.4, 0.5) is 0 Å². The number of unbranched alkanes of at least 4 members (excludes halogenated alkanes) is 2. The quantitative estimate of drug-likeness (QED) is 0.496. The van der Waals surface area contributed by atoms with Gasteiger partial charge in [-0.25, -0.2) is 0 Å². The van der Waals surface area contributed by atoms with E-state index in [2.05, 4.69) is 18.7 Å². The molecule has 2 unspecified atom stereocenters. The highest BCUT2D eigenvalue weighted by Crippen LogP contribution is 2.36. The molecular weight excluding hydrogens is 254 g/mol. The molecule has 0 aliphatic heterocycles. The first-order valence-corrected chi connectivity index (χ1v) is 7.84. The summed E-state index contributed by atoms with van der Waals surface area (Å²) in [6.07, 6.45) is 4.97. The minimum Gasteiger partial charge on any atom is -0.469 e. The lowest BCUT2D eigenvalue weighted by molar-refractivity contribution is -0.159. The van der Waals surface area contributed by atoms with Crippen molar-refractivity contribution >= 4 is 5.97 Å². The molecule has 0 aromatic rings. The van der Waals surface area contributed by atoms with Crippen LogP contribution in [0.15, 0.2) is 0 Å². The van der Waals surface area contributed by atoms with E-state index < -0.39 is 12.0 Å². The van der Waals surface area contributed by atoms with E-state index in [1.807, 2.05) is 21.0 Å². The molecule has 0 aliphatic carbocycles. The van der Waals surface area contributed by atoms with E-state index in [0.717, 1.165) is 32.1 Å². The number of aliphatic hydroxyl groups is 1. The lowest BCUT2D eigenvalue weighted by Crippen LogP contribution is -2.57. The second-order valence-electron chi connectivity index (χ2n) is 5.79. The Hall–Kier alpha value is -0.610. The van der Waals surface area contributed by atoms with Crippen LogP contribution in [0.25, 0.3) is 0 Å². The van der Waals surface area contributed by atoms with Gasteiger partial charge in [0.15, 0.2) is 0 Å². The van der Waals surface area contributed by atoms with Crippen LogP contribution in [0.5, 0.6) is 0 Å². The Balaban J connectivity index is 5.44. The molecule has 0 heterocycles. The zero-order valence-corrected chi connectivity index (χ0v) is 14.1. The standard InChI is InChI=1S/C16H33NO3/c1-7-10-11-12-16(9-3,17(4)5)14(13(18)8-2)15(19)20-6/h13-14,18H,7-12H2,1-6H3/t13-,14?,16?/m0/s1. The van der Waals surface area contributed by atoms with Crippen molar-refractivity contribution in [3.63, 3.8) is 0 Å². The molecule has 20 heavy (non-hydrogen) atoms. The lowest BCUT2D eigenvalue weighted by Gasteiger charge is -2.46. The van der Waals surface area contributed by atoms with Crippen molar-refractivity contribution in [1.29, 1.82) is 0 Å². The Bertz CT molecular complexity index is 281. The molecule has 0 aromatic carbocycles. The number of hydrogen-bond acceptors (Lipinski definition) is 4. The van der Waals surface area contributed by atoms with Crippen LogP contribution < -0.4 is 0 Å². The summed E-state index contributed by atoms with van der Waals surface area (Å²) >= 11 is 0. The number of esters is 1. The summed E-state index contributed by atoms with van der Waals surface area (Å²) in [6.45, 7) is 6.16. The molecule has 4 nitrogen and oxygen atoms in total. The topological polar surface area (TPSA) is 49.8 Å². The molecule has 1 N–H and O–H groups in total. The fraction of sp³-hybridized carbons (Fsp3) is 0.938. The highest BCUT2D eigenvalue weighted by molar-refractivity contribution is 5.74. The molecular formula is C16H33NO3. The first-order chi connectivity index (χ1) is 9.41. The van der Waals surface area contributed by atoms with Gasteiger partial charge in [0.05, 0.1) is 13.2 Å². The van der Waals surface area contributed by atoms with Crippen molar-refractivity contribution < 1.29 is 14.6 Å². The number of carbonyl (C=O) groups is 1. The monoisotopic (exact) mass is 287 g/mol. The zero-order valence-electron chi connectivity index (χ0n) is 14.1. The molecule has 0 saturated carbocycles. The van der Waals surface area contributed by atoms with Crippen LogP contribution in [0, 0.1) is 5.92 Å². The van der Waals surface area contributed by atoms with Gasteiger partial charge in [-0.05, 0) is 33.4 Å². The summed E-state index contributed by atoms with van der Waals surface area (Å²) in [5, 5.41) is 10.4. The second kappa shape index (κ2) is 9.35. The highest BCUT2D eigenvalue weighted by atomic mass is 16.5. The number of ether oxygens (including phenoxy) is 1. The minimum absolute atomic E-state index is 0.300. The predicted octanol–water partition coefficient (Wildman–Crippen LogP) is 2.84.